The number of aliphatic carboxylic acids is 1. The van der Waals surface area contributed by atoms with Gasteiger partial charge < -0.3 is 20.3 Å². The Bertz CT molecular complexity index is 756. The molecule has 0 saturated carbocycles. The Morgan fingerprint density at radius 1 is 1.08 bits per heavy atom. The molecule has 0 aromatic heterocycles. The maximum absolute atomic E-state index is 12.3. The number of aliphatic hydroxyl groups is 1. The van der Waals surface area contributed by atoms with Gasteiger partial charge in [0, 0.05) is 0 Å². The van der Waals surface area contributed by atoms with E-state index in [-0.39, 0.29) is 0 Å². The highest BCUT2D eigenvalue weighted by molar-refractivity contribution is 5.90. The van der Waals surface area contributed by atoms with E-state index in [2.05, 4.69) is 5.32 Å². The van der Waals surface area contributed by atoms with E-state index in [4.69, 9.17) is 9.84 Å². The molecule has 1 amide bonds. The molecule has 24 heavy (non-hydrogen) atoms. The molecule has 0 aliphatic rings. The minimum atomic E-state index is -1.33. The molecule has 0 spiro atoms. The van der Waals surface area contributed by atoms with E-state index in [1.165, 1.54) is 6.92 Å². The van der Waals surface area contributed by atoms with Gasteiger partial charge >= 0.3 is 5.97 Å². The Morgan fingerprint density at radius 2 is 1.71 bits per heavy atom. The number of aliphatic hydroxyl groups excluding tert-OH is 1. The number of benzene rings is 2. The monoisotopic (exact) mass is 331 g/mol. The van der Waals surface area contributed by atoms with Crippen molar-refractivity contribution in [3.05, 3.63) is 42.0 Å². The topological polar surface area (TPSA) is 95.9 Å². The zero-order valence-electron chi connectivity index (χ0n) is 13.8. The van der Waals surface area contributed by atoms with E-state index in [0.717, 1.165) is 22.1 Å². The Hall–Kier alpha value is -2.60. The summed E-state index contributed by atoms with van der Waals surface area (Å²) in [7, 11) is 1.60. The lowest BCUT2D eigenvalue weighted by atomic mass is 9.96. The molecule has 2 rings (SSSR count). The molecule has 2 aromatic carbocycles. The number of nitrogens with one attached hydrogen (secondary N) is 1. The first-order chi connectivity index (χ1) is 11.3. The lowest BCUT2D eigenvalue weighted by Gasteiger charge is -2.20. The van der Waals surface area contributed by atoms with E-state index < -0.39 is 29.9 Å². The molecule has 6 nitrogen and oxygen atoms in total. The lowest BCUT2D eigenvalue weighted by Crippen LogP contribution is -2.48. The molecule has 2 aromatic rings. The van der Waals surface area contributed by atoms with Crippen LogP contribution in [0.1, 0.15) is 25.3 Å². The van der Waals surface area contributed by atoms with Crippen LogP contribution < -0.4 is 10.1 Å². The van der Waals surface area contributed by atoms with Gasteiger partial charge in [0.15, 0.2) is 6.04 Å². The molecule has 3 atom stereocenters. The highest BCUT2D eigenvalue weighted by atomic mass is 16.5. The number of carbonyl (C=O) groups is 2. The molecule has 0 radical (unpaired) electrons. The van der Waals surface area contributed by atoms with Gasteiger partial charge in [0.1, 0.15) is 5.75 Å². The van der Waals surface area contributed by atoms with Crippen molar-refractivity contribution < 1.29 is 24.5 Å². The van der Waals surface area contributed by atoms with Gasteiger partial charge in [-0.15, -0.1) is 0 Å². The number of rotatable bonds is 6. The van der Waals surface area contributed by atoms with Crippen LogP contribution in [0, 0.1) is 0 Å². The smallest absolute Gasteiger partial charge is 0.328 e. The standard InChI is InChI=1S/C18H21NO5/c1-10(17(21)19-16(11(2)20)18(22)23)12-4-5-14-9-15(24-3)7-6-13(14)8-12/h4-11,16,20H,1-3H3,(H,19,21)(H,22,23)/t10-,11+,16-/m0/s1. The minimum absolute atomic E-state index is 0.448. The van der Waals surface area contributed by atoms with Crippen LogP contribution in [0.25, 0.3) is 10.8 Å². The van der Waals surface area contributed by atoms with Gasteiger partial charge in [-0.3, -0.25) is 4.79 Å². The SMILES string of the molecule is COc1ccc2cc([C@H](C)C(=O)N[C@H](C(=O)O)[C@@H](C)O)ccc2c1. The van der Waals surface area contributed by atoms with E-state index >= 15 is 0 Å². The average molecular weight is 331 g/mol. The summed E-state index contributed by atoms with van der Waals surface area (Å²) in [4.78, 5) is 23.4. The summed E-state index contributed by atoms with van der Waals surface area (Å²) >= 11 is 0. The van der Waals surface area contributed by atoms with E-state index in [0.29, 0.717) is 0 Å². The molecular formula is C18H21NO5. The van der Waals surface area contributed by atoms with Crippen molar-refractivity contribution in [3.8, 4) is 5.75 Å². The van der Waals surface area contributed by atoms with Crippen LogP contribution in [0.2, 0.25) is 0 Å². The number of carboxylic acid groups (broad SMARTS) is 1. The molecule has 128 valence electrons. The van der Waals surface area contributed by atoms with Gasteiger partial charge in [-0.1, -0.05) is 24.3 Å². The number of hydrogen-bond acceptors (Lipinski definition) is 4. The van der Waals surface area contributed by atoms with Crippen molar-refractivity contribution >= 4 is 22.6 Å². The van der Waals surface area contributed by atoms with Crippen LogP contribution in [0.5, 0.6) is 5.75 Å². The van der Waals surface area contributed by atoms with Gasteiger partial charge in [0.05, 0.1) is 19.1 Å². The lowest BCUT2D eigenvalue weighted by molar-refractivity contribution is -0.144. The van der Waals surface area contributed by atoms with Gasteiger partial charge in [-0.2, -0.15) is 0 Å². The summed E-state index contributed by atoms with van der Waals surface area (Å²) in [6.07, 6.45) is -1.18. The molecule has 0 bridgehead atoms. The van der Waals surface area contributed by atoms with Crippen molar-refractivity contribution in [2.24, 2.45) is 0 Å². The number of ether oxygens (including phenoxy) is 1. The second kappa shape index (κ2) is 7.31. The van der Waals surface area contributed by atoms with Crippen molar-refractivity contribution in [3.63, 3.8) is 0 Å². The van der Waals surface area contributed by atoms with E-state index in [1.54, 1.807) is 14.0 Å². The third-order valence-corrected chi connectivity index (χ3v) is 4.01. The summed E-state index contributed by atoms with van der Waals surface area (Å²) in [5.41, 5.74) is 0.764. The van der Waals surface area contributed by atoms with E-state index in [1.807, 2.05) is 36.4 Å². The fourth-order valence-electron chi connectivity index (χ4n) is 2.46. The highest BCUT2D eigenvalue weighted by Crippen LogP contribution is 2.25. The largest absolute Gasteiger partial charge is 0.497 e. The number of carboxylic acids is 1. The fourth-order valence-corrected chi connectivity index (χ4v) is 2.46. The van der Waals surface area contributed by atoms with Crippen LogP contribution in [-0.4, -0.2) is 41.3 Å². The number of fused-ring (bicyclic) bond motifs is 1. The van der Waals surface area contributed by atoms with Gasteiger partial charge in [0.2, 0.25) is 5.91 Å². The van der Waals surface area contributed by atoms with Gasteiger partial charge in [-0.05, 0) is 42.3 Å². The zero-order chi connectivity index (χ0) is 17.9. The number of amides is 1. The maximum atomic E-state index is 12.3. The average Bonchev–Trinajstić information content (AvgIpc) is 2.57. The fraction of sp³-hybridized carbons (Fsp3) is 0.333. The normalized spacial score (nSPS) is 14.7. The van der Waals surface area contributed by atoms with Crippen LogP contribution in [-0.2, 0) is 9.59 Å². The molecule has 0 saturated heterocycles. The molecule has 0 aliphatic carbocycles. The Morgan fingerprint density at radius 3 is 2.29 bits per heavy atom. The second-order valence-electron chi connectivity index (χ2n) is 5.76. The van der Waals surface area contributed by atoms with E-state index in [9.17, 15) is 14.7 Å². The van der Waals surface area contributed by atoms with Crippen molar-refractivity contribution in [2.45, 2.75) is 31.9 Å². The quantitative estimate of drug-likeness (QED) is 0.751. The summed E-state index contributed by atoms with van der Waals surface area (Å²) < 4.78 is 5.18. The molecular weight excluding hydrogens is 310 g/mol. The highest BCUT2D eigenvalue weighted by Gasteiger charge is 2.27. The Balaban J connectivity index is 2.22. The van der Waals surface area contributed by atoms with Crippen LogP contribution in [0.4, 0.5) is 0 Å². The maximum Gasteiger partial charge on any atom is 0.328 e. The minimum Gasteiger partial charge on any atom is -0.497 e. The molecule has 6 heteroatoms. The van der Waals surface area contributed by atoms with Gasteiger partial charge in [-0.25, -0.2) is 4.79 Å². The van der Waals surface area contributed by atoms with Crippen molar-refractivity contribution in [2.75, 3.05) is 7.11 Å². The third-order valence-electron chi connectivity index (χ3n) is 4.01. The predicted molar refractivity (Wildman–Crippen MR) is 90.2 cm³/mol. The van der Waals surface area contributed by atoms with Crippen molar-refractivity contribution in [1.82, 2.24) is 5.32 Å². The van der Waals surface area contributed by atoms with Crippen LogP contribution in [0.3, 0.4) is 0 Å². The van der Waals surface area contributed by atoms with Crippen LogP contribution >= 0.6 is 0 Å². The first-order valence-electron chi connectivity index (χ1n) is 7.62. The third kappa shape index (κ3) is 3.83. The van der Waals surface area contributed by atoms with Crippen LogP contribution in [0.15, 0.2) is 36.4 Å². The van der Waals surface area contributed by atoms with Crippen molar-refractivity contribution in [1.29, 1.82) is 0 Å². The molecule has 0 aliphatic heterocycles. The molecule has 0 unspecified atom stereocenters. The molecule has 3 N–H and O–H groups in total. The summed E-state index contributed by atoms with van der Waals surface area (Å²) in [5, 5.41) is 22.8. The number of hydrogen-bond donors (Lipinski definition) is 3. The first kappa shape index (κ1) is 17.7. The summed E-state index contributed by atoms with van der Waals surface area (Å²) in [5.74, 6) is -1.51. The molecule has 0 fully saturated rings. The number of carbonyl (C=O) groups excluding carboxylic acids is 1. The summed E-state index contributed by atoms with van der Waals surface area (Å²) in [6, 6.07) is 9.91. The predicted octanol–water partition coefficient (Wildman–Crippen LogP) is 1.90. The zero-order valence-corrected chi connectivity index (χ0v) is 13.8. The first-order valence-corrected chi connectivity index (χ1v) is 7.62. The molecule has 0 heterocycles. The summed E-state index contributed by atoms with van der Waals surface area (Å²) in [6.45, 7) is 3.02. The Kier molecular flexibility index (Phi) is 5.41. The number of methoxy groups -OCH3 is 1. The Labute approximate surface area is 140 Å². The van der Waals surface area contributed by atoms with Gasteiger partial charge in [0.25, 0.3) is 0 Å². The second-order valence-corrected chi connectivity index (χ2v) is 5.76.